The van der Waals surface area contributed by atoms with Gasteiger partial charge in [0.15, 0.2) is 0 Å². The van der Waals surface area contributed by atoms with Crippen LogP contribution < -0.4 is 5.32 Å². The molecule has 4 aliphatic rings. The average molecular weight is 463 g/mol. The van der Waals surface area contributed by atoms with Crippen LogP contribution in [0.4, 0.5) is 0 Å². The van der Waals surface area contributed by atoms with Gasteiger partial charge in [0.1, 0.15) is 0 Å². The molecule has 5 heteroatoms. The van der Waals surface area contributed by atoms with Gasteiger partial charge in [0.05, 0.1) is 12.2 Å². The maximum atomic E-state index is 12.4. The molecule has 190 valence electrons. The summed E-state index contributed by atoms with van der Waals surface area (Å²) in [5.74, 6) is 3.70. The van der Waals surface area contributed by atoms with Crippen molar-refractivity contribution in [1.29, 1.82) is 0 Å². The van der Waals surface area contributed by atoms with Crippen LogP contribution in [0.15, 0.2) is 0 Å². The van der Waals surface area contributed by atoms with E-state index in [9.17, 15) is 15.0 Å². The fourth-order valence-electron chi connectivity index (χ4n) is 9.23. The van der Waals surface area contributed by atoms with E-state index in [1.165, 1.54) is 25.7 Å². The molecule has 0 aromatic rings. The molecule has 4 rings (SSSR count). The Balaban J connectivity index is 1.41. The molecule has 5 unspecified atom stereocenters. The number of carbonyl (C=O) groups is 1. The monoisotopic (exact) mass is 462 g/mol. The second-order valence-electron chi connectivity index (χ2n) is 13.1. The Labute approximate surface area is 202 Å². The van der Waals surface area contributed by atoms with Gasteiger partial charge in [-0.1, -0.05) is 20.8 Å². The van der Waals surface area contributed by atoms with Crippen LogP contribution in [0, 0.1) is 46.3 Å². The number of likely N-dealkylation sites (N-methyl/N-ethyl adjacent to an activating group) is 1. The Morgan fingerprint density at radius 3 is 2.55 bits per heavy atom. The first-order valence-electron chi connectivity index (χ1n) is 13.8. The highest BCUT2D eigenvalue weighted by molar-refractivity contribution is 5.75. The van der Waals surface area contributed by atoms with Crippen molar-refractivity contribution < 1.29 is 15.0 Å². The number of fused-ring (bicyclic) bond motifs is 5. The van der Waals surface area contributed by atoms with Gasteiger partial charge < -0.3 is 20.4 Å². The Morgan fingerprint density at radius 2 is 1.82 bits per heavy atom. The Morgan fingerprint density at radius 1 is 1.06 bits per heavy atom. The summed E-state index contributed by atoms with van der Waals surface area (Å²) in [6, 6.07) is 0. The van der Waals surface area contributed by atoms with Gasteiger partial charge >= 0.3 is 0 Å². The van der Waals surface area contributed by atoms with Crippen LogP contribution in [0.5, 0.6) is 0 Å². The summed E-state index contributed by atoms with van der Waals surface area (Å²) >= 11 is 0. The second-order valence-corrected chi connectivity index (χ2v) is 13.1. The van der Waals surface area contributed by atoms with E-state index in [1.807, 2.05) is 14.1 Å². The summed E-state index contributed by atoms with van der Waals surface area (Å²) in [4.78, 5) is 14.4. The lowest BCUT2D eigenvalue weighted by atomic mass is 9.43. The number of carbonyl (C=O) groups excluding carboxylic acids is 1. The van der Waals surface area contributed by atoms with Crippen molar-refractivity contribution >= 4 is 5.91 Å². The third kappa shape index (κ3) is 4.63. The number of nitrogens with zero attached hydrogens (tertiary/aromatic N) is 1. The lowest BCUT2D eigenvalue weighted by Gasteiger charge is -2.62. The minimum absolute atomic E-state index is 0.0145. The number of hydrogen-bond donors (Lipinski definition) is 3. The fourth-order valence-corrected chi connectivity index (χ4v) is 9.23. The predicted octanol–water partition coefficient (Wildman–Crippen LogP) is 4.07. The standard InChI is InChI=1S/C28H50N2O3/c1-18(6-11-26(33)29-14-15-30(4)5)22-9-10-23-21-8-7-19-16-20(31)12-13-27(19,2)24(21)17-25(32)28(22,23)3/h18-25,31-32H,6-17H2,1-5H3,(H,29,33)/t18?,19?,20-,21?,22-,23?,24?,25+,27+,28-/m1/s1. The summed E-state index contributed by atoms with van der Waals surface area (Å²) < 4.78 is 0. The molecular weight excluding hydrogens is 412 g/mol. The molecule has 4 saturated carbocycles. The van der Waals surface area contributed by atoms with Crippen LogP contribution in [0.1, 0.15) is 85.0 Å². The topological polar surface area (TPSA) is 72.8 Å². The minimum atomic E-state index is -0.241. The van der Waals surface area contributed by atoms with E-state index in [1.54, 1.807) is 0 Å². The number of aliphatic hydroxyl groups excluding tert-OH is 2. The van der Waals surface area contributed by atoms with E-state index in [0.29, 0.717) is 48.0 Å². The largest absolute Gasteiger partial charge is 0.393 e. The molecule has 0 aromatic heterocycles. The van der Waals surface area contributed by atoms with Crippen LogP contribution >= 0.6 is 0 Å². The van der Waals surface area contributed by atoms with Crippen LogP contribution in [0.3, 0.4) is 0 Å². The summed E-state index contributed by atoms with van der Waals surface area (Å²) in [6.45, 7) is 8.78. The normalized spacial score (nSPS) is 45.8. The fraction of sp³-hybridized carbons (Fsp3) is 0.964. The van der Waals surface area contributed by atoms with Crippen molar-refractivity contribution in [2.45, 2.75) is 97.2 Å². The SMILES string of the molecule is CC(CCC(=O)NCCN(C)C)[C@H]1CCC2C3CCC4C[C@H](O)CC[C@]4(C)C3C[C@H](O)[C@@]21C. The molecular formula is C28H50N2O3. The smallest absolute Gasteiger partial charge is 0.220 e. The van der Waals surface area contributed by atoms with E-state index in [2.05, 4.69) is 31.0 Å². The van der Waals surface area contributed by atoms with Gasteiger partial charge in [-0.05, 0) is 118 Å². The van der Waals surface area contributed by atoms with Gasteiger partial charge in [0.2, 0.25) is 5.91 Å². The molecule has 0 radical (unpaired) electrons. The molecule has 0 aromatic carbocycles. The third-order valence-corrected chi connectivity index (χ3v) is 11.2. The van der Waals surface area contributed by atoms with Gasteiger partial charge in [0, 0.05) is 19.5 Å². The first kappa shape index (κ1) is 25.4. The Hall–Kier alpha value is -0.650. The number of aliphatic hydroxyl groups is 2. The van der Waals surface area contributed by atoms with Gasteiger partial charge in [0.25, 0.3) is 0 Å². The zero-order valence-electron chi connectivity index (χ0n) is 21.9. The number of amides is 1. The van der Waals surface area contributed by atoms with Crippen LogP contribution in [-0.4, -0.2) is 60.4 Å². The predicted molar refractivity (Wildman–Crippen MR) is 133 cm³/mol. The van der Waals surface area contributed by atoms with Crippen molar-refractivity contribution in [3.8, 4) is 0 Å². The van der Waals surface area contributed by atoms with E-state index in [0.717, 1.165) is 44.6 Å². The number of rotatable bonds is 7. The number of nitrogens with one attached hydrogen (secondary N) is 1. The summed E-state index contributed by atoms with van der Waals surface area (Å²) in [5.41, 5.74) is 0.276. The molecule has 1 amide bonds. The zero-order chi connectivity index (χ0) is 24.0. The average Bonchev–Trinajstić information content (AvgIpc) is 3.12. The van der Waals surface area contributed by atoms with Crippen molar-refractivity contribution in [2.75, 3.05) is 27.2 Å². The molecule has 3 N–H and O–H groups in total. The van der Waals surface area contributed by atoms with Crippen LogP contribution in [0.25, 0.3) is 0 Å². The van der Waals surface area contributed by atoms with E-state index >= 15 is 0 Å². The molecule has 0 heterocycles. The van der Waals surface area contributed by atoms with Crippen LogP contribution in [-0.2, 0) is 4.79 Å². The van der Waals surface area contributed by atoms with Crippen molar-refractivity contribution in [3.63, 3.8) is 0 Å². The first-order valence-corrected chi connectivity index (χ1v) is 13.8. The molecule has 33 heavy (non-hydrogen) atoms. The molecule has 5 nitrogen and oxygen atoms in total. The third-order valence-electron chi connectivity index (χ3n) is 11.2. The second kappa shape index (κ2) is 9.78. The van der Waals surface area contributed by atoms with E-state index in [4.69, 9.17) is 0 Å². The lowest BCUT2D eigenvalue weighted by Crippen LogP contribution is -2.58. The molecule has 10 atom stereocenters. The highest BCUT2D eigenvalue weighted by Crippen LogP contribution is 2.68. The maximum Gasteiger partial charge on any atom is 0.220 e. The molecule has 0 aliphatic heterocycles. The lowest BCUT2D eigenvalue weighted by molar-refractivity contribution is -0.174. The van der Waals surface area contributed by atoms with E-state index < -0.39 is 0 Å². The summed E-state index contributed by atoms with van der Waals surface area (Å²) in [5, 5.41) is 25.0. The van der Waals surface area contributed by atoms with Gasteiger partial charge in [-0.2, -0.15) is 0 Å². The highest BCUT2D eigenvalue weighted by Gasteiger charge is 2.63. The number of hydrogen-bond acceptors (Lipinski definition) is 4. The van der Waals surface area contributed by atoms with Crippen molar-refractivity contribution in [1.82, 2.24) is 10.2 Å². The van der Waals surface area contributed by atoms with Gasteiger partial charge in [-0.15, -0.1) is 0 Å². The molecule has 4 aliphatic carbocycles. The van der Waals surface area contributed by atoms with Gasteiger partial charge in [-0.3, -0.25) is 4.79 Å². The van der Waals surface area contributed by atoms with Crippen LogP contribution in [0.2, 0.25) is 0 Å². The van der Waals surface area contributed by atoms with E-state index in [-0.39, 0.29) is 23.5 Å². The summed E-state index contributed by atoms with van der Waals surface area (Å²) in [7, 11) is 4.05. The summed E-state index contributed by atoms with van der Waals surface area (Å²) in [6.07, 6.45) is 10.1. The van der Waals surface area contributed by atoms with Crippen molar-refractivity contribution in [3.05, 3.63) is 0 Å². The quantitative estimate of drug-likeness (QED) is 0.533. The Bertz CT molecular complexity index is 699. The maximum absolute atomic E-state index is 12.4. The van der Waals surface area contributed by atoms with Crippen molar-refractivity contribution in [2.24, 2.45) is 46.3 Å². The first-order chi connectivity index (χ1) is 15.6. The molecule has 0 spiro atoms. The minimum Gasteiger partial charge on any atom is -0.393 e. The highest BCUT2D eigenvalue weighted by atomic mass is 16.3. The zero-order valence-corrected chi connectivity index (χ0v) is 21.9. The molecule has 4 fully saturated rings. The van der Waals surface area contributed by atoms with Gasteiger partial charge in [-0.25, -0.2) is 0 Å². The molecule has 0 bridgehead atoms. The molecule has 0 saturated heterocycles. The Kier molecular flexibility index (Phi) is 7.54.